The molecule has 4 nitrogen and oxygen atoms in total. The van der Waals surface area contributed by atoms with E-state index in [1.54, 1.807) is 18.4 Å². The summed E-state index contributed by atoms with van der Waals surface area (Å²) in [6.45, 7) is 5.57. The van der Waals surface area contributed by atoms with E-state index in [1.165, 1.54) is 4.88 Å². The monoisotopic (exact) mass is 542 g/mol. The molecule has 0 unspecified atom stereocenters. The number of rotatable bonds is 5. The first-order chi connectivity index (χ1) is 11.0. The van der Waals surface area contributed by atoms with Crippen molar-refractivity contribution >= 4 is 68.8 Å². The first-order valence-electron chi connectivity index (χ1n) is 7.31. The molecular weight excluding hydrogens is 523 g/mol. The molecule has 0 atom stereocenters. The molecule has 1 heterocycles. The number of thiazole rings is 1. The SMILES string of the molecule is CN=C(NCCc1nc(C)c(C)s1)NCc1ccc(Br)cc1Cl.I. The Morgan fingerprint density at radius 3 is 2.67 bits per heavy atom. The maximum absolute atomic E-state index is 6.22. The fourth-order valence-corrected chi connectivity index (χ4v) is 3.67. The van der Waals surface area contributed by atoms with Crippen molar-refractivity contribution in [3.8, 4) is 0 Å². The number of benzene rings is 1. The molecule has 0 bridgehead atoms. The standard InChI is InChI=1S/C16H20BrClN4S.HI/c1-10-11(2)23-15(22-10)6-7-20-16(19-3)21-9-12-4-5-13(17)8-14(12)18;/h4-5,8H,6-7,9H2,1-3H3,(H2,19,20,21);1H. The Bertz CT molecular complexity index is 686. The van der Waals surface area contributed by atoms with Gasteiger partial charge in [0.15, 0.2) is 5.96 Å². The van der Waals surface area contributed by atoms with Gasteiger partial charge in [-0.1, -0.05) is 33.6 Å². The van der Waals surface area contributed by atoms with Crippen molar-refractivity contribution in [1.82, 2.24) is 15.6 Å². The summed E-state index contributed by atoms with van der Waals surface area (Å²) in [6.07, 6.45) is 0.888. The van der Waals surface area contributed by atoms with Crippen LogP contribution < -0.4 is 10.6 Å². The van der Waals surface area contributed by atoms with Crippen LogP contribution in [0, 0.1) is 13.8 Å². The van der Waals surface area contributed by atoms with E-state index in [1.807, 2.05) is 25.1 Å². The highest BCUT2D eigenvalue weighted by Gasteiger charge is 2.05. The second-order valence-corrected chi connectivity index (χ2v) is 7.70. The molecule has 132 valence electrons. The number of nitrogens with one attached hydrogen (secondary N) is 2. The van der Waals surface area contributed by atoms with Crippen LogP contribution in [0.1, 0.15) is 21.1 Å². The van der Waals surface area contributed by atoms with Gasteiger partial charge >= 0.3 is 0 Å². The van der Waals surface area contributed by atoms with E-state index in [9.17, 15) is 0 Å². The Kier molecular flexibility index (Phi) is 9.54. The first-order valence-corrected chi connectivity index (χ1v) is 9.29. The van der Waals surface area contributed by atoms with Crippen LogP contribution in [-0.2, 0) is 13.0 Å². The predicted octanol–water partition coefficient (Wildman–Crippen LogP) is 4.70. The third-order valence-electron chi connectivity index (χ3n) is 3.39. The Balaban J connectivity index is 0.00000288. The first kappa shape index (κ1) is 21.7. The molecular formula is C16H21BrClIN4S. The van der Waals surface area contributed by atoms with Gasteiger partial charge in [-0.2, -0.15) is 0 Å². The number of hydrogen-bond acceptors (Lipinski definition) is 3. The molecule has 0 radical (unpaired) electrons. The molecule has 2 rings (SSSR count). The molecule has 0 fully saturated rings. The summed E-state index contributed by atoms with van der Waals surface area (Å²) in [5, 5.41) is 8.46. The van der Waals surface area contributed by atoms with Gasteiger partial charge in [0.25, 0.3) is 0 Å². The largest absolute Gasteiger partial charge is 0.356 e. The molecule has 0 aliphatic carbocycles. The number of guanidine groups is 1. The van der Waals surface area contributed by atoms with Crippen LogP contribution in [-0.4, -0.2) is 24.5 Å². The van der Waals surface area contributed by atoms with Gasteiger partial charge in [-0.25, -0.2) is 4.98 Å². The zero-order chi connectivity index (χ0) is 16.8. The summed E-state index contributed by atoms with van der Waals surface area (Å²) in [5.74, 6) is 0.758. The minimum absolute atomic E-state index is 0. The van der Waals surface area contributed by atoms with Crippen molar-refractivity contribution in [2.75, 3.05) is 13.6 Å². The van der Waals surface area contributed by atoms with Gasteiger partial charge in [-0.3, -0.25) is 4.99 Å². The second-order valence-electron chi connectivity index (χ2n) is 5.09. The average Bonchev–Trinajstić information content (AvgIpc) is 2.82. The van der Waals surface area contributed by atoms with E-state index in [-0.39, 0.29) is 24.0 Å². The van der Waals surface area contributed by atoms with Crippen LogP contribution in [0.15, 0.2) is 27.7 Å². The van der Waals surface area contributed by atoms with Crippen LogP contribution >= 0.6 is 62.8 Å². The van der Waals surface area contributed by atoms with Crippen molar-refractivity contribution in [2.45, 2.75) is 26.8 Å². The molecule has 1 aromatic heterocycles. The zero-order valence-corrected chi connectivity index (χ0v) is 19.3. The highest BCUT2D eigenvalue weighted by molar-refractivity contribution is 14.0. The Hall–Kier alpha value is -0.380. The molecule has 8 heteroatoms. The number of halogens is 3. The molecule has 0 saturated carbocycles. The number of nitrogens with zero attached hydrogens (tertiary/aromatic N) is 2. The lowest BCUT2D eigenvalue weighted by atomic mass is 10.2. The van der Waals surface area contributed by atoms with Crippen molar-refractivity contribution in [3.63, 3.8) is 0 Å². The van der Waals surface area contributed by atoms with E-state index in [2.05, 4.69) is 43.5 Å². The second kappa shape index (κ2) is 10.6. The van der Waals surface area contributed by atoms with E-state index >= 15 is 0 Å². The predicted molar refractivity (Wildman–Crippen MR) is 118 cm³/mol. The van der Waals surface area contributed by atoms with Gasteiger partial charge in [0, 0.05) is 40.9 Å². The van der Waals surface area contributed by atoms with Crippen LogP contribution in [0.2, 0.25) is 5.02 Å². The number of aliphatic imine (C=N–C) groups is 1. The van der Waals surface area contributed by atoms with Crippen LogP contribution in [0.3, 0.4) is 0 Å². The summed E-state index contributed by atoms with van der Waals surface area (Å²) in [7, 11) is 1.76. The molecule has 0 amide bonds. The highest BCUT2D eigenvalue weighted by Crippen LogP contribution is 2.21. The van der Waals surface area contributed by atoms with Crippen LogP contribution in [0.4, 0.5) is 0 Å². The third-order valence-corrected chi connectivity index (χ3v) is 5.37. The lowest BCUT2D eigenvalue weighted by Gasteiger charge is -2.12. The molecule has 2 N–H and O–H groups in total. The normalized spacial score (nSPS) is 11.1. The molecule has 2 aromatic rings. The van der Waals surface area contributed by atoms with E-state index in [0.29, 0.717) is 6.54 Å². The third kappa shape index (κ3) is 6.50. The van der Waals surface area contributed by atoms with E-state index in [0.717, 1.165) is 44.7 Å². The van der Waals surface area contributed by atoms with Crippen molar-refractivity contribution < 1.29 is 0 Å². The van der Waals surface area contributed by atoms with Crippen molar-refractivity contribution in [3.05, 3.63) is 48.8 Å². The van der Waals surface area contributed by atoms with Gasteiger partial charge in [-0.15, -0.1) is 35.3 Å². The molecule has 1 aromatic carbocycles. The minimum atomic E-state index is 0. The van der Waals surface area contributed by atoms with Gasteiger partial charge in [-0.05, 0) is 31.5 Å². The molecule has 0 aliphatic rings. The average molecular weight is 544 g/mol. The van der Waals surface area contributed by atoms with Gasteiger partial charge in [0.05, 0.1) is 10.7 Å². The Labute approximate surface area is 177 Å². The summed E-state index contributed by atoms with van der Waals surface area (Å²) in [5.41, 5.74) is 2.15. The van der Waals surface area contributed by atoms with Gasteiger partial charge in [0.1, 0.15) is 0 Å². The topological polar surface area (TPSA) is 49.3 Å². The molecule has 0 spiro atoms. The maximum Gasteiger partial charge on any atom is 0.191 e. The lowest BCUT2D eigenvalue weighted by Crippen LogP contribution is -2.37. The summed E-state index contributed by atoms with van der Waals surface area (Å²) in [6, 6.07) is 5.86. The van der Waals surface area contributed by atoms with E-state index < -0.39 is 0 Å². The maximum atomic E-state index is 6.22. The Morgan fingerprint density at radius 1 is 1.33 bits per heavy atom. The Morgan fingerprint density at radius 2 is 2.08 bits per heavy atom. The van der Waals surface area contributed by atoms with Gasteiger partial charge in [0.2, 0.25) is 0 Å². The minimum Gasteiger partial charge on any atom is -0.356 e. The fourth-order valence-electron chi connectivity index (χ4n) is 2.00. The molecule has 24 heavy (non-hydrogen) atoms. The number of hydrogen-bond donors (Lipinski definition) is 2. The fraction of sp³-hybridized carbons (Fsp3) is 0.375. The lowest BCUT2D eigenvalue weighted by molar-refractivity contribution is 0.791. The quantitative estimate of drug-likeness (QED) is 0.327. The summed E-state index contributed by atoms with van der Waals surface area (Å²) in [4.78, 5) is 10.1. The van der Waals surface area contributed by atoms with E-state index in [4.69, 9.17) is 11.6 Å². The van der Waals surface area contributed by atoms with Gasteiger partial charge < -0.3 is 10.6 Å². The molecule has 0 saturated heterocycles. The summed E-state index contributed by atoms with van der Waals surface area (Å²) >= 11 is 11.4. The number of aryl methyl sites for hydroxylation is 2. The highest BCUT2D eigenvalue weighted by atomic mass is 127. The zero-order valence-electron chi connectivity index (χ0n) is 13.8. The molecule has 0 aliphatic heterocycles. The summed E-state index contributed by atoms with van der Waals surface area (Å²) < 4.78 is 0.975. The number of aromatic nitrogens is 1. The van der Waals surface area contributed by atoms with Crippen molar-refractivity contribution in [2.24, 2.45) is 4.99 Å². The van der Waals surface area contributed by atoms with Crippen LogP contribution in [0.5, 0.6) is 0 Å². The van der Waals surface area contributed by atoms with Crippen molar-refractivity contribution in [1.29, 1.82) is 0 Å². The smallest absolute Gasteiger partial charge is 0.191 e. The van der Waals surface area contributed by atoms with Crippen LogP contribution in [0.25, 0.3) is 0 Å².